The van der Waals surface area contributed by atoms with Crippen molar-refractivity contribution in [1.82, 2.24) is 9.97 Å². The zero-order valence-corrected chi connectivity index (χ0v) is 15.8. The zero-order valence-electron chi connectivity index (χ0n) is 15.8. The molecule has 2 rings (SSSR count). The average Bonchev–Trinajstić information content (AvgIpc) is 2.66. The Morgan fingerprint density at radius 3 is 1.52 bits per heavy atom. The van der Waals surface area contributed by atoms with Crippen LogP contribution in [0, 0.1) is 0 Å². The molecule has 0 atom stereocenters. The molecule has 33 heavy (non-hydrogen) atoms. The van der Waals surface area contributed by atoms with Crippen LogP contribution in [0.2, 0.25) is 0 Å². The van der Waals surface area contributed by atoms with Crippen LogP contribution in [0.15, 0.2) is 30.3 Å². The van der Waals surface area contributed by atoms with Crippen LogP contribution in [0.4, 0.5) is 45.5 Å². The molecular formula is C16H13F9N4O4. The van der Waals surface area contributed by atoms with Crippen molar-refractivity contribution in [2.45, 2.75) is 25.1 Å². The summed E-state index contributed by atoms with van der Waals surface area (Å²) in [6.07, 6.45) is -14.5. The number of anilines is 1. The van der Waals surface area contributed by atoms with Gasteiger partial charge in [0.15, 0.2) is 0 Å². The number of carbonyl (C=O) groups is 2. The molecule has 0 aliphatic rings. The number of hydrogen-bond acceptors (Lipinski definition) is 6. The standard InChI is InChI=1S/C12H11F3N4.2C2HF3O2/c13-12(14,15)8-3-1-7(2-4-8)10-5-9(6-16)18-11(17)19-10;2*3-2(4,5)1(6)7/h1-5H,6,16H2,(H2,17,18,19);2*(H,6,7). The fraction of sp³-hybridized carbons (Fsp3) is 0.250. The summed E-state index contributed by atoms with van der Waals surface area (Å²) in [4.78, 5) is 25.7. The van der Waals surface area contributed by atoms with Crippen molar-refractivity contribution in [1.29, 1.82) is 0 Å². The second-order valence-electron chi connectivity index (χ2n) is 5.49. The molecule has 184 valence electrons. The second kappa shape index (κ2) is 11.3. The van der Waals surface area contributed by atoms with Crippen molar-refractivity contribution in [3.63, 3.8) is 0 Å². The molecule has 1 heterocycles. The predicted octanol–water partition coefficient (Wildman–Crippen LogP) is 3.47. The Bertz CT molecular complexity index is 919. The highest BCUT2D eigenvalue weighted by atomic mass is 19.4. The van der Waals surface area contributed by atoms with E-state index in [1.54, 1.807) is 6.07 Å². The van der Waals surface area contributed by atoms with E-state index in [0.717, 1.165) is 12.1 Å². The van der Waals surface area contributed by atoms with Gasteiger partial charge in [0, 0.05) is 12.1 Å². The second-order valence-corrected chi connectivity index (χ2v) is 5.49. The number of carboxylic acids is 2. The molecule has 0 unspecified atom stereocenters. The van der Waals surface area contributed by atoms with Crippen LogP contribution >= 0.6 is 0 Å². The molecule has 6 N–H and O–H groups in total. The van der Waals surface area contributed by atoms with Crippen molar-refractivity contribution < 1.29 is 59.3 Å². The van der Waals surface area contributed by atoms with Gasteiger partial charge < -0.3 is 21.7 Å². The van der Waals surface area contributed by atoms with E-state index in [-0.39, 0.29) is 12.5 Å². The van der Waals surface area contributed by atoms with Gasteiger partial charge >= 0.3 is 30.5 Å². The van der Waals surface area contributed by atoms with Crippen LogP contribution < -0.4 is 11.5 Å². The molecule has 0 fully saturated rings. The number of nitrogens with zero attached hydrogens (tertiary/aromatic N) is 2. The fourth-order valence-electron chi connectivity index (χ4n) is 1.60. The van der Waals surface area contributed by atoms with Crippen LogP contribution in [0.1, 0.15) is 11.3 Å². The first-order valence-electron chi connectivity index (χ1n) is 7.90. The third kappa shape index (κ3) is 11.0. The quantitative estimate of drug-likeness (QED) is 0.462. The highest BCUT2D eigenvalue weighted by Crippen LogP contribution is 2.30. The summed E-state index contributed by atoms with van der Waals surface area (Å²) in [5.74, 6) is -5.47. The zero-order chi connectivity index (χ0) is 26.2. The van der Waals surface area contributed by atoms with Crippen molar-refractivity contribution >= 4 is 17.9 Å². The first kappa shape index (κ1) is 29.4. The summed E-state index contributed by atoms with van der Waals surface area (Å²) in [6, 6.07) is 6.26. The summed E-state index contributed by atoms with van der Waals surface area (Å²) in [6.45, 7) is 0.181. The Morgan fingerprint density at radius 2 is 1.21 bits per heavy atom. The van der Waals surface area contributed by atoms with E-state index in [1.807, 2.05) is 0 Å². The van der Waals surface area contributed by atoms with Gasteiger partial charge in [0.1, 0.15) is 0 Å². The lowest BCUT2D eigenvalue weighted by atomic mass is 10.1. The summed E-state index contributed by atoms with van der Waals surface area (Å²) in [7, 11) is 0. The molecule has 0 aliphatic carbocycles. The Labute approximate surface area is 177 Å². The molecule has 1 aromatic carbocycles. The maximum absolute atomic E-state index is 12.4. The largest absolute Gasteiger partial charge is 0.490 e. The maximum Gasteiger partial charge on any atom is 0.490 e. The first-order valence-corrected chi connectivity index (χ1v) is 7.90. The molecule has 8 nitrogen and oxygen atoms in total. The number of rotatable bonds is 2. The van der Waals surface area contributed by atoms with Crippen LogP contribution in [-0.4, -0.2) is 44.5 Å². The number of benzene rings is 1. The molecule has 1 aromatic heterocycles. The molecule has 2 aromatic rings. The summed E-state index contributed by atoms with van der Waals surface area (Å²) < 4.78 is 101. The number of carboxylic acid groups (broad SMARTS) is 2. The van der Waals surface area contributed by atoms with E-state index >= 15 is 0 Å². The van der Waals surface area contributed by atoms with E-state index in [4.69, 9.17) is 31.3 Å². The normalized spacial score (nSPS) is 11.5. The summed E-state index contributed by atoms with van der Waals surface area (Å²) in [5, 5.41) is 14.2. The number of nitrogen functional groups attached to an aromatic ring is 1. The first-order chi connectivity index (χ1) is 14.8. The van der Waals surface area contributed by atoms with Gasteiger partial charge in [-0.1, -0.05) is 12.1 Å². The lowest BCUT2D eigenvalue weighted by Gasteiger charge is -2.08. The van der Waals surface area contributed by atoms with E-state index in [1.165, 1.54) is 12.1 Å². The molecule has 0 amide bonds. The Hall–Kier alpha value is -3.63. The topological polar surface area (TPSA) is 152 Å². The van der Waals surface area contributed by atoms with E-state index in [0.29, 0.717) is 17.0 Å². The van der Waals surface area contributed by atoms with E-state index in [2.05, 4.69) is 9.97 Å². The van der Waals surface area contributed by atoms with Crippen LogP contribution in [-0.2, 0) is 22.3 Å². The molecule has 0 bridgehead atoms. The molecule has 0 aliphatic heterocycles. The van der Waals surface area contributed by atoms with Crippen molar-refractivity contribution in [3.8, 4) is 11.3 Å². The number of halogens is 9. The average molecular weight is 496 g/mol. The summed E-state index contributed by atoms with van der Waals surface area (Å²) >= 11 is 0. The van der Waals surface area contributed by atoms with Gasteiger partial charge in [0.05, 0.1) is 17.0 Å². The Balaban J connectivity index is 0.000000605. The van der Waals surface area contributed by atoms with Gasteiger partial charge in [0.25, 0.3) is 0 Å². The minimum absolute atomic E-state index is 0.0397. The van der Waals surface area contributed by atoms with Gasteiger partial charge in [-0.3, -0.25) is 0 Å². The fourth-order valence-corrected chi connectivity index (χ4v) is 1.60. The van der Waals surface area contributed by atoms with E-state index < -0.39 is 36.0 Å². The highest BCUT2D eigenvalue weighted by Gasteiger charge is 2.38. The SMILES string of the molecule is NCc1cc(-c2ccc(C(F)(F)F)cc2)nc(N)n1.O=C(O)C(F)(F)F.O=C(O)C(F)(F)F. The van der Waals surface area contributed by atoms with Gasteiger partial charge in [-0.25, -0.2) is 19.6 Å². The minimum atomic E-state index is -5.08. The van der Waals surface area contributed by atoms with E-state index in [9.17, 15) is 39.5 Å². The van der Waals surface area contributed by atoms with Crippen molar-refractivity contribution in [3.05, 3.63) is 41.6 Å². The lowest BCUT2D eigenvalue weighted by Crippen LogP contribution is -2.21. The smallest absolute Gasteiger partial charge is 0.475 e. The van der Waals surface area contributed by atoms with Gasteiger partial charge in [-0.05, 0) is 18.2 Å². The molecule has 0 spiro atoms. The lowest BCUT2D eigenvalue weighted by molar-refractivity contribution is -0.193. The number of nitrogens with two attached hydrogens (primary N) is 2. The van der Waals surface area contributed by atoms with Crippen molar-refractivity contribution in [2.75, 3.05) is 5.73 Å². The molecule has 0 saturated carbocycles. The maximum atomic E-state index is 12.4. The third-order valence-electron chi connectivity index (χ3n) is 3.00. The predicted molar refractivity (Wildman–Crippen MR) is 92.2 cm³/mol. The summed E-state index contributed by atoms with van der Waals surface area (Å²) in [5.41, 5.74) is 11.8. The molecule has 0 saturated heterocycles. The third-order valence-corrected chi connectivity index (χ3v) is 3.00. The minimum Gasteiger partial charge on any atom is -0.475 e. The molecule has 17 heteroatoms. The van der Waals surface area contributed by atoms with Gasteiger partial charge in [-0.2, -0.15) is 39.5 Å². The molecular weight excluding hydrogens is 483 g/mol. The Kier molecular flexibility index (Phi) is 10.1. The number of aromatic nitrogens is 2. The van der Waals surface area contributed by atoms with Crippen LogP contribution in [0.5, 0.6) is 0 Å². The Morgan fingerprint density at radius 1 is 0.818 bits per heavy atom. The van der Waals surface area contributed by atoms with Gasteiger partial charge in [0.2, 0.25) is 5.95 Å². The molecule has 0 radical (unpaired) electrons. The monoisotopic (exact) mass is 496 g/mol. The van der Waals surface area contributed by atoms with Crippen molar-refractivity contribution in [2.24, 2.45) is 5.73 Å². The number of hydrogen-bond donors (Lipinski definition) is 4. The van der Waals surface area contributed by atoms with Crippen LogP contribution in [0.3, 0.4) is 0 Å². The highest BCUT2D eigenvalue weighted by molar-refractivity contribution is 5.73. The van der Waals surface area contributed by atoms with Gasteiger partial charge in [-0.15, -0.1) is 0 Å². The van der Waals surface area contributed by atoms with Crippen LogP contribution in [0.25, 0.3) is 11.3 Å². The number of aliphatic carboxylic acids is 2. The number of alkyl halides is 9.